The summed E-state index contributed by atoms with van der Waals surface area (Å²) in [6.07, 6.45) is 12.1. The van der Waals surface area contributed by atoms with E-state index in [0.29, 0.717) is 11.3 Å². The van der Waals surface area contributed by atoms with Crippen LogP contribution in [0.4, 0.5) is 0 Å². The van der Waals surface area contributed by atoms with Gasteiger partial charge in [0.2, 0.25) is 0 Å². The molecule has 0 N–H and O–H groups in total. The fourth-order valence-corrected chi connectivity index (χ4v) is 4.14. The lowest BCUT2D eigenvalue weighted by Gasteiger charge is -2.22. The van der Waals surface area contributed by atoms with Gasteiger partial charge >= 0.3 is 0 Å². The number of fused-ring (bicyclic) bond motifs is 1. The van der Waals surface area contributed by atoms with E-state index in [2.05, 4.69) is 52.2 Å². The van der Waals surface area contributed by atoms with Gasteiger partial charge < -0.3 is 0 Å². The Bertz CT molecular complexity index is 626. The van der Waals surface area contributed by atoms with Crippen LogP contribution in [0.1, 0.15) is 40.0 Å². The van der Waals surface area contributed by atoms with E-state index < -0.39 is 0 Å². The normalized spacial score (nSPS) is 33.5. The van der Waals surface area contributed by atoms with Gasteiger partial charge in [-0.15, -0.1) is 0 Å². The van der Waals surface area contributed by atoms with Crippen LogP contribution in [0.15, 0.2) is 64.9 Å². The van der Waals surface area contributed by atoms with Gasteiger partial charge in [0.05, 0.1) is 5.70 Å². The molecule has 0 bridgehead atoms. The maximum absolute atomic E-state index is 4.79. The Morgan fingerprint density at radius 3 is 2.90 bits per heavy atom. The molecule has 2 aliphatic carbocycles. The van der Waals surface area contributed by atoms with Gasteiger partial charge in [0.15, 0.2) is 0 Å². The standard InChI is InChI=1S/C20H25N/c1-6-13(3)19-9-8-17(21-19)12-20-14(4)10-16(7-2)11-18(20)15(20)5/h6,9-11,15,18H,1,3,7-8,12H2,2,4-5H3. The molecule has 1 nitrogen and oxygen atoms in total. The summed E-state index contributed by atoms with van der Waals surface area (Å²) in [5.41, 5.74) is 6.66. The van der Waals surface area contributed by atoms with Gasteiger partial charge in [-0.2, -0.15) is 0 Å². The van der Waals surface area contributed by atoms with Gasteiger partial charge in [-0.1, -0.05) is 62.5 Å². The second-order valence-electron chi connectivity index (χ2n) is 6.65. The Hall–Kier alpha value is -1.63. The molecule has 0 aromatic carbocycles. The summed E-state index contributed by atoms with van der Waals surface area (Å²) in [5, 5.41) is 0. The van der Waals surface area contributed by atoms with Crippen LogP contribution in [0, 0.1) is 17.3 Å². The lowest BCUT2D eigenvalue weighted by molar-refractivity contribution is 0.554. The van der Waals surface area contributed by atoms with Crippen LogP contribution in [-0.4, -0.2) is 5.71 Å². The molecule has 0 saturated heterocycles. The van der Waals surface area contributed by atoms with E-state index in [1.54, 1.807) is 11.6 Å². The largest absolute Gasteiger partial charge is 0.257 e. The molecule has 0 spiro atoms. The quantitative estimate of drug-likeness (QED) is 0.598. The lowest BCUT2D eigenvalue weighted by Crippen LogP contribution is -2.15. The van der Waals surface area contributed by atoms with E-state index in [0.717, 1.165) is 36.5 Å². The maximum Gasteiger partial charge on any atom is 0.0659 e. The van der Waals surface area contributed by atoms with Crippen molar-refractivity contribution in [3.8, 4) is 0 Å². The van der Waals surface area contributed by atoms with Crippen molar-refractivity contribution in [1.29, 1.82) is 0 Å². The minimum absolute atomic E-state index is 0.344. The summed E-state index contributed by atoms with van der Waals surface area (Å²) in [4.78, 5) is 4.79. The minimum Gasteiger partial charge on any atom is -0.257 e. The van der Waals surface area contributed by atoms with Crippen molar-refractivity contribution in [2.24, 2.45) is 22.2 Å². The third-order valence-electron chi connectivity index (χ3n) is 5.66. The molecule has 110 valence electrons. The van der Waals surface area contributed by atoms with E-state index in [1.165, 1.54) is 11.3 Å². The second kappa shape index (κ2) is 4.98. The Balaban J connectivity index is 1.79. The third kappa shape index (κ3) is 2.10. The predicted octanol–water partition coefficient (Wildman–Crippen LogP) is 5.40. The third-order valence-corrected chi connectivity index (χ3v) is 5.66. The Morgan fingerprint density at radius 1 is 1.52 bits per heavy atom. The van der Waals surface area contributed by atoms with E-state index in [-0.39, 0.29) is 0 Å². The number of nitrogens with zero attached hydrogens (tertiary/aromatic N) is 1. The first kappa shape index (κ1) is 14.3. The summed E-state index contributed by atoms with van der Waals surface area (Å²) in [6, 6.07) is 0. The fraction of sp³-hybridized carbons (Fsp3) is 0.450. The Labute approximate surface area is 128 Å². The second-order valence-corrected chi connectivity index (χ2v) is 6.65. The van der Waals surface area contributed by atoms with Gasteiger partial charge in [0, 0.05) is 17.5 Å². The summed E-state index contributed by atoms with van der Waals surface area (Å²) in [5.74, 6) is 1.46. The highest BCUT2D eigenvalue weighted by Crippen LogP contribution is 2.68. The van der Waals surface area contributed by atoms with Gasteiger partial charge in [0.1, 0.15) is 0 Å². The SMILES string of the molecule is C=CC(=C)C1=CCC(CC23C(C)=CC(CC)=CC2C3C)=N1. The smallest absolute Gasteiger partial charge is 0.0659 e. The zero-order valence-electron chi connectivity index (χ0n) is 13.4. The van der Waals surface area contributed by atoms with Crippen molar-refractivity contribution in [2.45, 2.75) is 40.0 Å². The van der Waals surface area contributed by atoms with Crippen LogP contribution in [0.2, 0.25) is 0 Å². The molecular weight excluding hydrogens is 254 g/mol. The molecule has 3 unspecified atom stereocenters. The van der Waals surface area contributed by atoms with E-state index in [1.807, 2.05) is 0 Å². The zero-order valence-corrected chi connectivity index (χ0v) is 13.4. The summed E-state index contributed by atoms with van der Waals surface area (Å²) in [6.45, 7) is 14.7. The number of allylic oxidation sites excluding steroid dienone is 6. The Kier molecular flexibility index (Phi) is 3.39. The molecule has 0 amide bonds. The molecule has 1 saturated carbocycles. The first-order valence-electron chi connectivity index (χ1n) is 8.00. The molecule has 0 radical (unpaired) electrons. The van der Waals surface area contributed by atoms with Crippen molar-refractivity contribution >= 4 is 5.71 Å². The fourth-order valence-electron chi connectivity index (χ4n) is 4.14. The molecule has 1 aliphatic heterocycles. The van der Waals surface area contributed by atoms with Crippen LogP contribution in [0.5, 0.6) is 0 Å². The summed E-state index contributed by atoms with van der Waals surface area (Å²) >= 11 is 0. The highest BCUT2D eigenvalue weighted by atomic mass is 14.8. The van der Waals surface area contributed by atoms with Gasteiger partial charge in [0.25, 0.3) is 0 Å². The lowest BCUT2D eigenvalue weighted by atomic mass is 9.82. The predicted molar refractivity (Wildman–Crippen MR) is 91.3 cm³/mol. The summed E-state index contributed by atoms with van der Waals surface area (Å²) < 4.78 is 0. The first-order chi connectivity index (χ1) is 10.0. The van der Waals surface area contributed by atoms with Crippen molar-refractivity contribution < 1.29 is 0 Å². The average molecular weight is 279 g/mol. The molecule has 1 heteroatoms. The average Bonchev–Trinajstić information content (AvgIpc) is 2.87. The maximum atomic E-state index is 4.79. The van der Waals surface area contributed by atoms with Crippen molar-refractivity contribution in [3.63, 3.8) is 0 Å². The molecule has 3 rings (SSSR count). The number of hydrogen-bond donors (Lipinski definition) is 0. The minimum atomic E-state index is 0.344. The number of aliphatic imine (C=N–C) groups is 1. The van der Waals surface area contributed by atoms with Crippen LogP contribution in [0.3, 0.4) is 0 Å². The summed E-state index contributed by atoms with van der Waals surface area (Å²) in [7, 11) is 0. The van der Waals surface area contributed by atoms with Gasteiger partial charge in [-0.3, -0.25) is 4.99 Å². The monoisotopic (exact) mass is 279 g/mol. The zero-order chi connectivity index (χ0) is 15.2. The number of rotatable bonds is 5. The van der Waals surface area contributed by atoms with E-state index >= 15 is 0 Å². The van der Waals surface area contributed by atoms with Crippen LogP contribution >= 0.6 is 0 Å². The van der Waals surface area contributed by atoms with Crippen molar-refractivity contribution in [1.82, 2.24) is 0 Å². The molecule has 1 heterocycles. The first-order valence-corrected chi connectivity index (χ1v) is 8.00. The topological polar surface area (TPSA) is 12.4 Å². The molecule has 3 aliphatic rings. The molecular formula is C20H25N. The highest BCUT2D eigenvalue weighted by Gasteiger charge is 2.62. The van der Waals surface area contributed by atoms with Crippen molar-refractivity contribution in [2.75, 3.05) is 0 Å². The Morgan fingerprint density at radius 2 is 2.29 bits per heavy atom. The van der Waals surface area contributed by atoms with E-state index in [9.17, 15) is 0 Å². The molecule has 3 atom stereocenters. The van der Waals surface area contributed by atoms with Crippen LogP contribution in [0.25, 0.3) is 0 Å². The van der Waals surface area contributed by atoms with E-state index in [4.69, 9.17) is 4.99 Å². The molecule has 1 fully saturated rings. The van der Waals surface area contributed by atoms with Crippen molar-refractivity contribution in [3.05, 3.63) is 59.9 Å². The highest BCUT2D eigenvalue weighted by molar-refractivity contribution is 5.91. The molecule has 21 heavy (non-hydrogen) atoms. The molecule has 0 aromatic rings. The number of hydrogen-bond acceptors (Lipinski definition) is 1. The van der Waals surface area contributed by atoms with Crippen LogP contribution in [-0.2, 0) is 0 Å². The van der Waals surface area contributed by atoms with Gasteiger partial charge in [-0.25, -0.2) is 0 Å². The van der Waals surface area contributed by atoms with Gasteiger partial charge in [-0.05, 0) is 37.2 Å². The molecule has 0 aromatic heterocycles. The van der Waals surface area contributed by atoms with Crippen LogP contribution < -0.4 is 0 Å².